The molecular formula is C20H20ClN7O3S. The van der Waals surface area contributed by atoms with Gasteiger partial charge in [-0.25, -0.2) is 14.5 Å². The molecule has 0 spiro atoms. The molecule has 0 unspecified atom stereocenters. The van der Waals surface area contributed by atoms with Gasteiger partial charge in [0.25, 0.3) is 5.56 Å². The number of hydrogen-bond donors (Lipinski definition) is 2. The summed E-state index contributed by atoms with van der Waals surface area (Å²) in [4.78, 5) is 33.1. The van der Waals surface area contributed by atoms with Crippen molar-refractivity contribution in [1.29, 1.82) is 0 Å². The second-order valence-electron chi connectivity index (χ2n) is 7.51. The Hall–Kier alpha value is -3.31. The Morgan fingerprint density at radius 1 is 1.28 bits per heavy atom. The first-order valence-corrected chi connectivity index (χ1v) is 10.1. The summed E-state index contributed by atoms with van der Waals surface area (Å²) in [7, 11) is 0. The monoisotopic (exact) mass is 473 g/mol. The number of halogens is 1. The lowest BCUT2D eigenvalue weighted by molar-refractivity contribution is 0.0697. The number of nitrogens with zero attached hydrogens (tertiary/aromatic N) is 6. The highest BCUT2D eigenvalue weighted by Crippen LogP contribution is 2.27. The number of hydrogen-bond acceptors (Lipinski definition) is 6. The smallest absolute Gasteiger partial charge is 0.338 e. The van der Waals surface area contributed by atoms with E-state index in [1.807, 2.05) is 24.3 Å². The average Bonchev–Trinajstić information content (AvgIpc) is 3.48. The van der Waals surface area contributed by atoms with Crippen LogP contribution in [-0.2, 0) is 6.54 Å². The molecule has 1 atom stereocenters. The lowest BCUT2D eigenvalue weighted by Gasteiger charge is -2.19. The fourth-order valence-corrected chi connectivity index (χ4v) is 4.11. The van der Waals surface area contributed by atoms with Gasteiger partial charge in [-0.2, -0.15) is 23.7 Å². The van der Waals surface area contributed by atoms with Gasteiger partial charge in [0.1, 0.15) is 5.52 Å². The standard InChI is InChI=1S/C20H18ClN7O3.H2S/c21-14-2-1-3-15(6-14)26-5-4-12(9-26)10-27-17-16(8-23-27)24-20(25-18(17)29)28-11-13(7-22-28)19(30)31;/h1-3,6-8,11-12H,4-5,9-10H2,(H,30,31)(H,24,25,29);1H2/t12-;/m0./s1. The second-order valence-corrected chi connectivity index (χ2v) is 7.95. The van der Waals surface area contributed by atoms with Gasteiger partial charge in [0.15, 0.2) is 5.52 Å². The van der Waals surface area contributed by atoms with Crippen LogP contribution in [0, 0.1) is 5.92 Å². The van der Waals surface area contributed by atoms with Gasteiger partial charge in [0.2, 0.25) is 5.95 Å². The van der Waals surface area contributed by atoms with Gasteiger partial charge < -0.3 is 10.0 Å². The lowest BCUT2D eigenvalue weighted by Crippen LogP contribution is -2.23. The van der Waals surface area contributed by atoms with E-state index >= 15 is 0 Å². The van der Waals surface area contributed by atoms with Crippen LogP contribution < -0.4 is 10.5 Å². The van der Waals surface area contributed by atoms with E-state index < -0.39 is 5.97 Å². The summed E-state index contributed by atoms with van der Waals surface area (Å²) in [6.45, 7) is 2.35. The molecule has 4 heterocycles. The van der Waals surface area contributed by atoms with Crippen LogP contribution in [0.2, 0.25) is 5.02 Å². The second kappa shape index (κ2) is 8.67. The number of carboxylic acid groups (broad SMARTS) is 1. The Morgan fingerprint density at radius 2 is 2.12 bits per heavy atom. The number of carbonyl (C=O) groups is 1. The van der Waals surface area contributed by atoms with E-state index in [1.165, 1.54) is 17.1 Å². The highest BCUT2D eigenvalue weighted by atomic mass is 35.5. The first kappa shape index (κ1) is 21.9. The van der Waals surface area contributed by atoms with Gasteiger partial charge >= 0.3 is 5.97 Å². The molecule has 0 radical (unpaired) electrons. The third-order valence-corrected chi connectivity index (χ3v) is 5.66. The van der Waals surface area contributed by atoms with Crippen molar-refractivity contribution in [1.82, 2.24) is 29.5 Å². The third-order valence-electron chi connectivity index (χ3n) is 5.42. The lowest BCUT2D eigenvalue weighted by atomic mass is 10.1. The fourth-order valence-electron chi connectivity index (χ4n) is 3.92. The molecule has 32 heavy (non-hydrogen) atoms. The normalized spacial score (nSPS) is 15.8. The summed E-state index contributed by atoms with van der Waals surface area (Å²) in [6.07, 6.45) is 5.00. The minimum absolute atomic E-state index is 0. The number of fused-ring (bicyclic) bond motifs is 1. The highest BCUT2D eigenvalue weighted by molar-refractivity contribution is 7.59. The summed E-state index contributed by atoms with van der Waals surface area (Å²) >= 11 is 6.11. The van der Waals surface area contributed by atoms with Crippen LogP contribution in [0.3, 0.4) is 0 Å². The molecule has 1 fully saturated rings. The molecule has 10 nitrogen and oxygen atoms in total. The quantitative estimate of drug-likeness (QED) is 0.456. The van der Waals surface area contributed by atoms with Gasteiger partial charge in [-0.15, -0.1) is 0 Å². The van der Waals surface area contributed by atoms with E-state index in [9.17, 15) is 9.59 Å². The molecule has 166 valence electrons. The van der Waals surface area contributed by atoms with Crippen molar-refractivity contribution >= 4 is 47.8 Å². The SMILES string of the molecule is O=C(O)c1cnn(-c2nc3cnn(C[C@H]4CCN(c5cccc(Cl)c5)C4)c3c(=O)[nH]2)c1.S. The Kier molecular flexibility index (Phi) is 5.94. The first-order valence-electron chi connectivity index (χ1n) is 9.72. The number of aromatic amines is 1. The van der Waals surface area contributed by atoms with Crippen molar-refractivity contribution in [3.63, 3.8) is 0 Å². The zero-order valence-electron chi connectivity index (χ0n) is 16.8. The number of benzene rings is 1. The zero-order chi connectivity index (χ0) is 21.5. The van der Waals surface area contributed by atoms with Gasteiger partial charge in [-0.1, -0.05) is 17.7 Å². The summed E-state index contributed by atoms with van der Waals surface area (Å²) in [5.41, 5.74) is 1.55. The van der Waals surface area contributed by atoms with Crippen molar-refractivity contribution in [2.75, 3.05) is 18.0 Å². The predicted molar refractivity (Wildman–Crippen MR) is 124 cm³/mol. The molecular weight excluding hydrogens is 454 g/mol. The van der Waals surface area contributed by atoms with Crippen LogP contribution in [0.4, 0.5) is 5.69 Å². The zero-order valence-corrected chi connectivity index (χ0v) is 18.5. The number of aromatic carboxylic acids is 1. The Balaban J connectivity index is 0.00000245. The van der Waals surface area contributed by atoms with E-state index in [-0.39, 0.29) is 30.6 Å². The topological polar surface area (TPSA) is 122 Å². The number of nitrogens with one attached hydrogen (secondary N) is 1. The number of carboxylic acids is 1. The molecule has 1 aromatic carbocycles. The maximum absolute atomic E-state index is 12.8. The van der Waals surface area contributed by atoms with E-state index in [4.69, 9.17) is 16.7 Å². The summed E-state index contributed by atoms with van der Waals surface area (Å²) < 4.78 is 2.91. The predicted octanol–water partition coefficient (Wildman–Crippen LogP) is 2.30. The molecule has 1 aliphatic heterocycles. The van der Waals surface area contributed by atoms with E-state index in [2.05, 4.69) is 25.1 Å². The third kappa shape index (κ3) is 4.08. The van der Waals surface area contributed by atoms with Crippen LogP contribution >= 0.6 is 25.1 Å². The summed E-state index contributed by atoms with van der Waals surface area (Å²) in [5, 5.41) is 18.1. The Morgan fingerprint density at radius 3 is 2.88 bits per heavy atom. The molecule has 0 bridgehead atoms. The number of H-pyrrole nitrogens is 1. The molecule has 3 aromatic heterocycles. The van der Waals surface area contributed by atoms with E-state index in [1.54, 1.807) is 10.9 Å². The van der Waals surface area contributed by atoms with Crippen molar-refractivity contribution in [3.05, 3.63) is 63.8 Å². The van der Waals surface area contributed by atoms with Crippen LogP contribution in [0.15, 0.2) is 47.7 Å². The minimum atomic E-state index is -1.11. The molecule has 0 aliphatic carbocycles. The van der Waals surface area contributed by atoms with Crippen LogP contribution in [0.25, 0.3) is 17.0 Å². The summed E-state index contributed by atoms with van der Waals surface area (Å²) in [6, 6.07) is 7.79. The minimum Gasteiger partial charge on any atom is -0.478 e. The van der Waals surface area contributed by atoms with Crippen molar-refractivity contribution in [2.24, 2.45) is 5.92 Å². The van der Waals surface area contributed by atoms with Gasteiger partial charge in [0, 0.05) is 36.5 Å². The molecule has 5 rings (SSSR count). The number of rotatable bonds is 5. The fraction of sp³-hybridized carbons (Fsp3) is 0.250. The maximum Gasteiger partial charge on any atom is 0.338 e. The van der Waals surface area contributed by atoms with Gasteiger partial charge in [-0.05, 0) is 30.5 Å². The number of aromatic nitrogens is 6. The molecule has 0 saturated carbocycles. The van der Waals surface area contributed by atoms with Crippen molar-refractivity contribution in [2.45, 2.75) is 13.0 Å². The van der Waals surface area contributed by atoms with E-state index in [0.717, 1.165) is 25.2 Å². The van der Waals surface area contributed by atoms with Crippen LogP contribution in [0.1, 0.15) is 16.8 Å². The van der Waals surface area contributed by atoms with E-state index in [0.29, 0.717) is 28.5 Å². The van der Waals surface area contributed by atoms with Crippen molar-refractivity contribution in [3.8, 4) is 5.95 Å². The average molecular weight is 474 g/mol. The first-order chi connectivity index (χ1) is 15.0. The Bertz CT molecular complexity index is 1350. The highest BCUT2D eigenvalue weighted by Gasteiger charge is 2.25. The molecule has 2 N–H and O–H groups in total. The molecule has 12 heteroatoms. The van der Waals surface area contributed by atoms with Crippen LogP contribution in [0.5, 0.6) is 0 Å². The number of anilines is 1. The van der Waals surface area contributed by atoms with Crippen molar-refractivity contribution < 1.29 is 9.90 Å². The van der Waals surface area contributed by atoms with Crippen LogP contribution in [-0.4, -0.2) is 53.7 Å². The largest absolute Gasteiger partial charge is 0.478 e. The maximum atomic E-state index is 12.8. The molecule has 1 saturated heterocycles. The summed E-state index contributed by atoms with van der Waals surface area (Å²) in [5.74, 6) is -0.645. The molecule has 4 aromatic rings. The molecule has 1 aliphatic rings. The molecule has 0 amide bonds. The Labute approximate surface area is 193 Å². The van der Waals surface area contributed by atoms with Gasteiger partial charge in [0.05, 0.1) is 18.0 Å². The van der Waals surface area contributed by atoms with Gasteiger partial charge in [-0.3, -0.25) is 14.5 Å².